The van der Waals surface area contributed by atoms with E-state index in [-0.39, 0.29) is 33.8 Å². The Morgan fingerprint density at radius 2 is 1.88 bits per heavy atom. The van der Waals surface area contributed by atoms with Gasteiger partial charge in [0, 0.05) is 31.3 Å². The summed E-state index contributed by atoms with van der Waals surface area (Å²) in [4.78, 5) is 19.3. The molecule has 0 radical (unpaired) electrons. The molecule has 1 unspecified atom stereocenters. The highest BCUT2D eigenvalue weighted by molar-refractivity contribution is 7.89. The molecule has 5 rings (SSSR count). The molecule has 0 saturated carbocycles. The van der Waals surface area contributed by atoms with Crippen LogP contribution in [-0.4, -0.2) is 56.0 Å². The van der Waals surface area contributed by atoms with E-state index < -0.39 is 27.6 Å². The van der Waals surface area contributed by atoms with E-state index in [1.54, 1.807) is 0 Å². The smallest absolute Gasteiger partial charge is 0.260 e. The monoisotopic (exact) mass is 507 g/mol. The SMILES string of the molecule is O=C(c1ccc(S(=O)(=O)N2CCCC2)cc1)N(CC1CCCO1)c1nc2c(F)cc(F)cc2s1. The maximum absolute atomic E-state index is 14.3. The van der Waals surface area contributed by atoms with E-state index in [4.69, 9.17) is 4.74 Å². The van der Waals surface area contributed by atoms with Gasteiger partial charge in [0.2, 0.25) is 10.0 Å². The van der Waals surface area contributed by atoms with Gasteiger partial charge in [0.15, 0.2) is 10.9 Å². The molecular formula is C23H23F2N3O4S2. The zero-order chi connectivity index (χ0) is 23.9. The lowest BCUT2D eigenvalue weighted by Crippen LogP contribution is -2.37. The summed E-state index contributed by atoms with van der Waals surface area (Å²) in [6.45, 7) is 1.78. The van der Waals surface area contributed by atoms with E-state index in [2.05, 4.69) is 4.98 Å². The predicted octanol–water partition coefficient (Wildman–Crippen LogP) is 4.18. The van der Waals surface area contributed by atoms with Crippen LogP contribution in [0.4, 0.5) is 13.9 Å². The van der Waals surface area contributed by atoms with E-state index in [1.165, 1.54) is 39.5 Å². The summed E-state index contributed by atoms with van der Waals surface area (Å²) in [7, 11) is -3.60. The molecule has 1 aromatic heterocycles. The zero-order valence-electron chi connectivity index (χ0n) is 18.2. The first kappa shape index (κ1) is 23.3. The van der Waals surface area contributed by atoms with Gasteiger partial charge in [-0.1, -0.05) is 11.3 Å². The molecule has 1 atom stereocenters. The predicted molar refractivity (Wildman–Crippen MR) is 125 cm³/mol. The van der Waals surface area contributed by atoms with Crippen LogP contribution in [0.25, 0.3) is 10.2 Å². The average Bonchev–Trinajstić information content (AvgIpc) is 3.59. The number of fused-ring (bicyclic) bond motifs is 1. The van der Waals surface area contributed by atoms with Crippen molar-refractivity contribution in [2.45, 2.75) is 36.7 Å². The Labute approximate surface area is 200 Å². The summed E-state index contributed by atoms with van der Waals surface area (Å²) in [6, 6.07) is 7.75. The molecule has 0 N–H and O–H groups in total. The third-order valence-corrected chi connectivity index (χ3v) is 9.03. The minimum atomic E-state index is -3.60. The van der Waals surface area contributed by atoms with Gasteiger partial charge >= 0.3 is 0 Å². The molecule has 7 nitrogen and oxygen atoms in total. The molecular weight excluding hydrogens is 484 g/mol. The molecule has 2 aliphatic heterocycles. The highest BCUT2D eigenvalue weighted by Gasteiger charge is 2.30. The van der Waals surface area contributed by atoms with Crippen molar-refractivity contribution in [1.29, 1.82) is 0 Å². The number of thiazole rings is 1. The minimum Gasteiger partial charge on any atom is -0.376 e. The lowest BCUT2D eigenvalue weighted by molar-refractivity contribution is 0.0917. The van der Waals surface area contributed by atoms with Crippen molar-refractivity contribution in [2.75, 3.05) is 31.1 Å². The normalized spacial score (nSPS) is 19.2. The Bertz CT molecular complexity index is 1320. The molecule has 2 saturated heterocycles. The highest BCUT2D eigenvalue weighted by atomic mass is 32.2. The largest absolute Gasteiger partial charge is 0.376 e. The molecule has 0 bridgehead atoms. The van der Waals surface area contributed by atoms with Gasteiger partial charge in [-0.15, -0.1) is 0 Å². The Hall–Kier alpha value is -2.47. The van der Waals surface area contributed by atoms with Crippen molar-refractivity contribution in [2.24, 2.45) is 0 Å². The Morgan fingerprint density at radius 3 is 2.56 bits per heavy atom. The molecule has 0 spiro atoms. The van der Waals surface area contributed by atoms with Crippen molar-refractivity contribution in [3.8, 4) is 0 Å². The molecule has 180 valence electrons. The first-order valence-corrected chi connectivity index (χ1v) is 13.4. The van der Waals surface area contributed by atoms with Crippen molar-refractivity contribution in [3.63, 3.8) is 0 Å². The topological polar surface area (TPSA) is 79.8 Å². The van der Waals surface area contributed by atoms with Gasteiger partial charge in [0.05, 0.1) is 22.2 Å². The highest BCUT2D eigenvalue weighted by Crippen LogP contribution is 2.33. The fraction of sp³-hybridized carbons (Fsp3) is 0.391. The van der Waals surface area contributed by atoms with Crippen LogP contribution in [0, 0.1) is 11.6 Å². The summed E-state index contributed by atoms with van der Waals surface area (Å²) in [5, 5.41) is 0.230. The molecule has 2 aromatic carbocycles. The number of aromatic nitrogens is 1. The van der Waals surface area contributed by atoms with Crippen molar-refractivity contribution in [3.05, 3.63) is 53.6 Å². The summed E-state index contributed by atoms with van der Waals surface area (Å²) >= 11 is 1.02. The number of benzene rings is 2. The maximum atomic E-state index is 14.3. The van der Waals surface area contributed by atoms with Crippen LogP contribution in [0.1, 0.15) is 36.0 Å². The fourth-order valence-electron chi connectivity index (χ4n) is 4.30. The maximum Gasteiger partial charge on any atom is 0.260 e. The number of carbonyl (C=O) groups is 1. The van der Waals surface area contributed by atoms with Crippen LogP contribution in [0.15, 0.2) is 41.3 Å². The lowest BCUT2D eigenvalue weighted by Gasteiger charge is -2.23. The van der Waals surface area contributed by atoms with Crippen molar-refractivity contribution in [1.82, 2.24) is 9.29 Å². The van der Waals surface area contributed by atoms with Crippen LogP contribution >= 0.6 is 11.3 Å². The molecule has 2 fully saturated rings. The van der Waals surface area contributed by atoms with Crippen LogP contribution in [0.2, 0.25) is 0 Å². The first-order valence-electron chi connectivity index (χ1n) is 11.1. The molecule has 34 heavy (non-hydrogen) atoms. The van der Waals surface area contributed by atoms with Crippen molar-refractivity contribution >= 4 is 42.6 Å². The van der Waals surface area contributed by atoms with Crippen LogP contribution in [0.3, 0.4) is 0 Å². The van der Waals surface area contributed by atoms with Gasteiger partial charge in [-0.2, -0.15) is 4.31 Å². The molecule has 11 heteroatoms. The summed E-state index contributed by atoms with van der Waals surface area (Å²) in [5.74, 6) is -1.92. The summed E-state index contributed by atoms with van der Waals surface area (Å²) < 4.78 is 61.0. The Morgan fingerprint density at radius 1 is 1.15 bits per heavy atom. The second-order valence-corrected chi connectivity index (χ2v) is 11.4. The Balaban J connectivity index is 1.46. The number of sulfonamides is 1. The molecule has 3 heterocycles. The van der Waals surface area contributed by atoms with Gasteiger partial charge in [-0.05, 0) is 56.0 Å². The number of carbonyl (C=O) groups excluding carboxylic acids is 1. The number of anilines is 1. The van der Waals surface area contributed by atoms with Crippen LogP contribution in [0.5, 0.6) is 0 Å². The molecule has 0 aliphatic carbocycles. The van der Waals surface area contributed by atoms with E-state index in [0.717, 1.165) is 43.1 Å². The van der Waals surface area contributed by atoms with Crippen LogP contribution in [-0.2, 0) is 14.8 Å². The fourth-order valence-corrected chi connectivity index (χ4v) is 6.83. The number of amides is 1. The molecule has 2 aliphatic rings. The van der Waals surface area contributed by atoms with E-state index in [0.29, 0.717) is 24.4 Å². The third-order valence-electron chi connectivity index (χ3n) is 6.09. The van der Waals surface area contributed by atoms with Gasteiger partial charge < -0.3 is 4.74 Å². The quantitative estimate of drug-likeness (QED) is 0.500. The number of halogens is 2. The standard InChI is InChI=1S/C23H23F2N3O4S2/c24-16-12-19(25)21-20(13-16)33-23(26-21)28(14-17-4-3-11-32-17)22(29)15-5-7-18(8-6-15)34(30,31)27-9-1-2-10-27/h5-8,12-13,17H,1-4,9-11,14H2. The van der Waals surface area contributed by atoms with Gasteiger partial charge in [0.25, 0.3) is 5.91 Å². The van der Waals surface area contributed by atoms with Crippen molar-refractivity contribution < 1.29 is 26.7 Å². The average molecular weight is 508 g/mol. The number of hydrogen-bond acceptors (Lipinski definition) is 6. The lowest BCUT2D eigenvalue weighted by atomic mass is 10.2. The van der Waals surface area contributed by atoms with Crippen LogP contribution < -0.4 is 4.90 Å². The van der Waals surface area contributed by atoms with E-state index >= 15 is 0 Å². The minimum absolute atomic E-state index is 0.00130. The number of nitrogens with zero attached hydrogens (tertiary/aromatic N) is 3. The van der Waals surface area contributed by atoms with Gasteiger partial charge in [-0.3, -0.25) is 9.69 Å². The van der Waals surface area contributed by atoms with E-state index in [1.807, 2.05) is 0 Å². The van der Waals surface area contributed by atoms with E-state index in [9.17, 15) is 22.0 Å². The second kappa shape index (κ2) is 9.29. The molecule has 1 amide bonds. The summed E-state index contributed by atoms with van der Waals surface area (Å²) in [5.41, 5.74) is 0.267. The zero-order valence-corrected chi connectivity index (χ0v) is 19.9. The number of hydrogen-bond donors (Lipinski definition) is 0. The third kappa shape index (κ3) is 4.45. The number of rotatable bonds is 6. The first-order chi connectivity index (χ1) is 16.3. The second-order valence-electron chi connectivity index (χ2n) is 8.42. The summed E-state index contributed by atoms with van der Waals surface area (Å²) in [6.07, 6.45) is 3.11. The van der Waals surface area contributed by atoms with Gasteiger partial charge in [-0.25, -0.2) is 22.2 Å². The van der Waals surface area contributed by atoms with Gasteiger partial charge in [0.1, 0.15) is 11.3 Å². The Kier molecular flexibility index (Phi) is 6.36. The molecule has 3 aromatic rings. The number of ether oxygens (including phenoxy) is 1.